The second-order valence-electron chi connectivity index (χ2n) is 5.03. The minimum atomic E-state index is -3.71. The Bertz CT molecular complexity index is 618. The van der Waals surface area contributed by atoms with Gasteiger partial charge in [0.2, 0.25) is 15.9 Å². The molecule has 0 radical (unpaired) electrons. The number of carbonyl (C=O) groups excluding carboxylic acids is 1. The van der Waals surface area contributed by atoms with Crippen LogP contribution in [0, 0.1) is 5.92 Å². The molecule has 0 saturated carbocycles. The number of hydrogen-bond acceptors (Lipinski definition) is 3. The van der Waals surface area contributed by atoms with Crippen molar-refractivity contribution in [3.05, 3.63) is 29.3 Å². The largest absolute Gasteiger partial charge is 0.369 e. The summed E-state index contributed by atoms with van der Waals surface area (Å²) in [6, 6.07) is 6.13. The molecule has 2 N–H and O–H groups in total. The minimum Gasteiger partial charge on any atom is -0.369 e. The van der Waals surface area contributed by atoms with Gasteiger partial charge in [0.15, 0.2) is 0 Å². The molecule has 2 atom stereocenters. The highest BCUT2D eigenvalue weighted by Crippen LogP contribution is 2.30. The molecule has 2 unspecified atom stereocenters. The van der Waals surface area contributed by atoms with Crippen molar-refractivity contribution in [2.24, 2.45) is 11.7 Å². The Hall–Kier alpha value is -1.11. The molecule has 0 aromatic heterocycles. The Morgan fingerprint density at radius 1 is 1.35 bits per heavy atom. The third kappa shape index (κ3) is 2.82. The van der Waals surface area contributed by atoms with E-state index in [0.717, 1.165) is 0 Å². The van der Waals surface area contributed by atoms with Crippen LogP contribution in [0.4, 0.5) is 0 Å². The summed E-state index contributed by atoms with van der Waals surface area (Å²) in [6.45, 7) is 1.94. The van der Waals surface area contributed by atoms with Gasteiger partial charge in [0, 0.05) is 12.6 Å². The standard InChI is InChI=1S/C13H17ClN2O3S/c1-9-6-7-10(13(15)17)8-16(9)20(18,19)12-5-3-2-4-11(12)14/h2-5,9-10H,6-8H2,1H3,(H2,15,17). The molecule has 1 aliphatic heterocycles. The summed E-state index contributed by atoms with van der Waals surface area (Å²) in [5.74, 6) is -0.903. The Kier molecular flexibility index (Phi) is 4.36. The lowest BCUT2D eigenvalue weighted by atomic mass is 9.95. The Morgan fingerprint density at radius 3 is 2.60 bits per heavy atom. The van der Waals surface area contributed by atoms with Gasteiger partial charge in [-0.25, -0.2) is 8.42 Å². The SMILES string of the molecule is CC1CCC(C(N)=O)CN1S(=O)(=O)c1ccccc1Cl. The first-order valence-corrected chi connectivity index (χ1v) is 8.21. The molecule has 1 fully saturated rings. The molecule has 110 valence electrons. The molecule has 1 heterocycles. The molecule has 7 heteroatoms. The summed E-state index contributed by atoms with van der Waals surface area (Å²) in [7, 11) is -3.71. The summed E-state index contributed by atoms with van der Waals surface area (Å²) in [6.07, 6.45) is 1.22. The van der Waals surface area contributed by atoms with Gasteiger partial charge in [0.1, 0.15) is 4.90 Å². The van der Waals surface area contributed by atoms with Crippen LogP contribution in [-0.4, -0.2) is 31.2 Å². The fourth-order valence-electron chi connectivity index (χ4n) is 2.42. The molecule has 0 spiro atoms. The first-order chi connectivity index (χ1) is 9.34. The number of hydrogen-bond donors (Lipinski definition) is 1. The number of benzene rings is 1. The fraction of sp³-hybridized carbons (Fsp3) is 0.462. The zero-order chi connectivity index (χ0) is 14.9. The predicted octanol–water partition coefficient (Wildman–Crippen LogP) is 1.61. The third-order valence-corrected chi connectivity index (χ3v) is 6.13. The van der Waals surface area contributed by atoms with Crippen LogP contribution in [0.3, 0.4) is 0 Å². The molecule has 2 rings (SSSR count). The number of primary amides is 1. The first kappa shape index (κ1) is 15.3. The Balaban J connectivity index is 2.37. The van der Waals surface area contributed by atoms with Crippen molar-refractivity contribution in [1.82, 2.24) is 4.31 Å². The molecule has 1 aliphatic rings. The fourth-order valence-corrected chi connectivity index (χ4v) is 4.62. The van der Waals surface area contributed by atoms with Gasteiger partial charge in [-0.3, -0.25) is 4.79 Å². The highest BCUT2D eigenvalue weighted by atomic mass is 35.5. The van der Waals surface area contributed by atoms with E-state index < -0.39 is 21.8 Å². The smallest absolute Gasteiger partial charge is 0.244 e. The van der Waals surface area contributed by atoms with Crippen LogP contribution in [0.15, 0.2) is 29.2 Å². The monoisotopic (exact) mass is 316 g/mol. The number of halogens is 1. The number of carbonyl (C=O) groups is 1. The summed E-state index contributed by atoms with van der Waals surface area (Å²) >= 11 is 5.98. The van der Waals surface area contributed by atoms with Crippen molar-refractivity contribution >= 4 is 27.5 Å². The van der Waals surface area contributed by atoms with Gasteiger partial charge >= 0.3 is 0 Å². The maximum Gasteiger partial charge on any atom is 0.244 e. The number of nitrogens with zero attached hydrogens (tertiary/aromatic N) is 1. The summed E-state index contributed by atoms with van der Waals surface area (Å²) in [4.78, 5) is 11.4. The summed E-state index contributed by atoms with van der Waals surface area (Å²) in [5.41, 5.74) is 5.30. The zero-order valence-electron chi connectivity index (χ0n) is 11.1. The molecule has 1 saturated heterocycles. The van der Waals surface area contributed by atoms with Crippen LogP contribution in [0.5, 0.6) is 0 Å². The van der Waals surface area contributed by atoms with Crippen molar-refractivity contribution in [2.45, 2.75) is 30.7 Å². The average Bonchev–Trinajstić information content (AvgIpc) is 2.39. The molecule has 0 aliphatic carbocycles. The van der Waals surface area contributed by atoms with E-state index in [0.29, 0.717) is 12.8 Å². The van der Waals surface area contributed by atoms with Gasteiger partial charge in [-0.1, -0.05) is 23.7 Å². The maximum atomic E-state index is 12.7. The Morgan fingerprint density at radius 2 is 2.00 bits per heavy atom. The van der Waals surface area contributed by atoms with E-state index in [1.807, 2.05) is 6.92 Å². The van der Waals surface area contributed by atoms with E-state index in [4.69, 9.17) is 17.3 Å². The van der Waals surface area contributed by atoms with Gasteiger partial charge in [0.05, 0.1) is 10.9 Å². The van der Waals surface area contributed by atoms with Gasteiger partial charge < -0.3 is 5.73 Å². The second kappa shape index (κ2) is 5.71. The molecule has 20 heavy (non-hydrogen) atoms. The van der Waals surface area contributed by atoms with Crippen LogP contribution >= 0.6 is 11.6 Å². The lowest BCUT2D eigenvalue weighted by molar-refractivity contribution is -0.123. The topological polar surface area (TPSA) is 80.5 Å². The van der Waals surface area contributed by atoms with E-state index in [9.17, 15) is 13.2 Å². The number of rotatable bonds is 3. The second-order valence-corrected chi connectivity index (χ2v) is 7.30. The lowest BCUT2D eigenvalue weighted by Crippen LogP contribution is -2.48. The summed E-state index contributed by atoms with van der Waals surface area (Å²) < 4.78 is 26.7. The zero-order valence-corrected chi connectivity index (χ0v) is 12.7. The van der Waals surface area contributed by atoms with Crippen molar-refractivity contribution in [3.63, 3.8) is 0 Å². The van der Waals surface area contributed by atoms with E-state index in [2.05, 4.69) is 0 Å². The predicted molar refractivity (Wildman–Crippen MR) is 76.7 cm³/mol. The van der Waals surface area contributed by atoms with Gasteiger partial charge in [-0.2, -0.15) is 4.31 Å². The van der Waals surface area contributed by atoms with E-state index in [-0.39, 0.29) is 22.5 Å². The average molecular weight is 317 g/mol. The van der Waals surface area contributed by atoms with E-state index in [1.54, 1.807) is 12.1 Å². The molecular formula is C13H17ClN2O3S. The molecule has 1 amide bonds. The number of piperidine rings is 1. The number of sulfonamides is 1. The highest BCUT2D eigenvalue weighted by molar-refractivity contribution is 7.89. The van der Waals surface area contributed by atoms with Gasteiger partial charge in [-0.15, -0.1) is 0 Å². The van der Waals surface area contributed by atoms with Crippen molar-refractivity contribution in [3.8, 4) is 0 Å². The molecule has 1 aromatic carbocycles. The lowest BCUT2D eigenvalue weighted by Gasteiger charge is -2.35. The van der Waals surface area contributed by atoms with Crippen molar-refractivity contribution in [1.29, 1.82) is 0 Å². The summed E-state index contributed by atoms with van der Waals surface area (Å²) in [5, 5.41) is 0.181. The van der Waals surface area contributed by atoms with Crippen molar-refractivity contribution in [2.75, 3.05) is 6.54 Å². The molecule has 0 bridgehead atoms. The Labute approximate surface area is 123 Å². The normalized spacial score (nSPS) is 24.5. The van der Waals surface area contributed by atoms with Gasteiger partial charge in [0.25, 0.3) is 0 Å². The van der Waals surface area contributed by atoms with Crippen LogP contribution in [0.1, 0.15) is 19.8 Å². The molecular weight excluding hydrogens is 300 g/mol. The third-order valence-electron chi connectivity index (χ3n) is 3.65. The van der Waals surface area contributed by atoms with Crippen LogP contribution in [-0.2, 0) is 14.8 Å². The maximum absolute atomic E-state index is 12.7. The van der Waals surface area contributed by atoms with Gasteiger partial charge in [-0.05, 0) is 31.9 Å². The van der Waals surface area contributed by atoms with E-state index in [1.165, 1.54) is 16.4 Å². The van der Waals surface area contributed by atoms with Crippen LogP contribution in [0.2, 0.25) is 5.02 Å². The molecule has 1 aromatic rings. The first-order valence-electron chi connectivity index (χ1n) is 6.39. The number of nitrogens with two attached hydrogens (primary N) is 1. The highest BCUT2D eigenvalue weighted by Gasteiger charge is 2.37. The quantitative estimate of drug-likeness (QED) is 0.920. The van der Waals surface area contributed by atoms with Crippen LogP contribution in [0.25, 0.3) is 0 Å². The number of amides is 1. The van der Waals surface area contributed by atoms with Crippen LogP contribution < -0.4 is 5.73 Å². The minimum absolute atomic E-state index is 0.0682. The molecule has 5 nitrogen and oxygen atoms in total. The van der Waals surface area contributed by atoms with E-state index >= 15 is 0 Å². The van der Waals surface area contributed by atoms with Crippen molar-refractivity contribution < 1.29 is 13.2 Å².